The molecule has 2 saturated heterocycles. The number of nitrogens with zero attached hydrogens (tertiary/aromatic N) is 2. The van der Waals surface area contributed by atoms with Crippen molar-refractivity contribution in [2.24, 2.45) is 4.99 Å². The highest BCUT2D eigenvalue weighted by molar-refractivity contribution is 14.0. The Morgan fingerprint density at radius 3 is 2.83 bits per heavy atom. The van der Waals surface area contributed by atoms with Crippen LogP contribution in [-0.2, 0) is 11.3 Å². The zero-order chi connectivity index (χ0) is 15.5. The Balaban J connectivity index is 0.00000192. The zero-order valence-corrected chi connectivity index (χ0v) is 15.2. The topological polar surface area (TPSA) is 88.8 Å². The first kappa shape index (κ1) is 17.9. The molecule has 0 aliphatic carbocycles. The summed E-state index contributed by atoms with van der Waals surface area (Å²) in [5.74, 6) is 0.652. The molecule has 7 nitrogen and oxygen atoms in total. The minimum absolute atomic E-state index is 0. The minimum Gasteiger partial charge on any atom is -0.373 e. The van der Waals surface area contributed by atoms with E-state index in [4.69, 9.17) is 4.74 Å². The molecule has 0 saturated carbocycles. The Morgan fingerprint density at radius 2 is 2.22 bits per heavy atom. The van der Waals surface area contributed by atoms with Gasteiger partial charge in [-0.1, -0.05) is 18.2 Å². The number of nitro benzene ring substituents is 1. The molecule has 1 aromatic carbocycles. The van der Waals surface area contributed by atoms with Crippen LogP contribution in [0.15, 0.2) is 29.3 Å². The van der Waals surface area contributed by atoms with E-state index in [1.165, 1.54) is 6.07 Å². The number of nitrogens with one attached hydrogen (secondary N) is 2. The molecule has 2 aliphatic heterocycles. The quantitative estimate of drug-likeness (QED) is 0.251. The number of ether oxygens (including phenoxy) is 1. The molecule has 0 aromatic heterocycles. The van der Waals surface area contributed by atoms with E-state index in [-0.39, 0.29) is 46.7 Å². The SMILES string of the molecule is CN=C(NCc1ccccc1[N+](=O)[O-])NC1CC2CCC1O2.I. The molecule has 0 spiro atoms. The summed E-state index contributed by atoms with van der Waals surface area (Å²) in [6, 6.07) is 7.00. The van der Waals surface area contributed by atoms with Gasteiger partial charge < -0.3 is 15.4 Å². The Morgan fingerprint density at radius 1 is 1.43 bits per heavy atom. The van der Waals surface area contributed by atoms with Crippen LogP contribution in [0.2, 0.25) is 0 Å². The second-order valence-electron chi connectivity index (χ2n) is 5.67. The lowest BCUT2D eigenvalue weighted by Gasteiger charge is -2.22. The normalized spacial score (nSPS) is 25.8. The minimum atomic E-state index is -0.364. The summed E-state index contributed by atoms with van der Waals surface area (Å²) in [7, 11) is 1.70. The molecule has 0 radical (unpaired) electrons. The van der Waals surface area contributed by atoms with Gasteiger partial charge in [-0.15, -0.1) is 24.0 Å². The maximum atomic E-state index is 11.0. The molecule has 2 aliphatic rings. The number of hydrogen-bond acceptors (Lipinski definition) is 4. The lowest BCUT2D eigenvalue weighted by Crippen LogP contribution is -2.47. The molecular weight excluding hydrogens is 411 g/mol. The number of fused-ring (bicyclic) bond motifs is 2. The molecular formula is C15H21IN4O3. The van der Waals surface area contributed by atoms with E-state index in [0.717, 1.165) is 19.3 Å². The molecule has 23 heavy (non-hydrogen) atoms. The van der Waals surface area contributed by atoms with Gasteiger partial charge in [-0.3, -0.25) is 15.1 Å². The van der Waals surface area contributed by atoms with Gasteiger partial charge in [0.25, 0.3) is 5.69 Å². The first-order valence-electron chi connectivity index (χ1n) is 7.52. The average Bonchev–Trinajstić information content (AvgIpc) is 3.14. The standard InChI is InChI=1S/C15H20N4O3.HI/c1-16-15(18-12-8-11-6-7-14(12)22-11)17-9-10-4-2-3-5-13(10)19(20)21;/h2-5,11-12,14H,6-9H2,1H3,(H2,16,17,18);1H. The molecule has 2 N–H and O–H groups in total. The van der Waals surface area contributed by atoms with Crippen LogP contribution in [0.4, 0.5) is 5.69 Å². The number of rotatable bonds is 4. The monoisotopic (exact) mass is 432 g/mol. The van der Waals surface area contributed by atoms with Crippen LogP contribution in [-0.4, -0.2) is 36.2 Å². The van der Waals surface area contributed by atoms with Gasteiger partial charge in [0, 0.05) is 25.2 Å². The summed E-state index contributed by atoms with van der Waals surface area (Å²) in [4.78, 5) is 14.8. The third-order valence-electron chi connectivity index (χ3n) is 4.29. The van der Waals surface area contributed by atoms with Gasteiger partial charge in [0.1, 0.15) is 0 Å². The molecule has 3 rings (SSSR count). The highest BCUT2D eigenvalue weighted by Crippen LogP contribution is 2.34. The Bertz CT molecular complexity index is 596. The first-order chi connectivity index (χ1) is 10.7. The van der Waals surface area contributed by atoms with Gasteiger partial charge in [0.05, 0.1) is 23.2 Å². The molecule has 1 aromatic rings. The number of benzene rings is 1. The van der Waals surface area contributed by atoms with Crippen LogP contribution in [0, 0.1) is 10.1 Å². The molecule has 8 heteroatoms. The highest BCUT2D eigenvalue weighted by atomic mass is 127. The van der Waals surface area contributed by atoms with Crippen molar-refractivity contribution in [1.82, 2.24) is 10.6 Å². The van der Waals surface area contributed by atoms with Gasteiger partial charge in [-0.25, -0.2) is 0 Å². The van der Waals surface area contributed by atoms with Crippen molar-refractivity contribution in [3.63, 3.8) is 0 Å². The van der Waals surface area contributed by atoms with E-state index >= 15 is 0 Å². The van der Waals surface area contributed by atoms with Crippen LogP contribution in [0.5, 0.6) is 0 Å². The lowest BCUT2D eigenvalue weighted by atomic mass is 9.96. The van der Waals surface area contributed by atoms with Gasteiger partial charge in [0.2, 0.25) is 0 Å². The fraction of sp³-hybridized carbons (Fsp3) is 0.533. The van der Waals surface area contributed by atoms with Crippen molar-refractivity contribution in [3.05, 3.63) is 39.9 Å². The second-order valence-corrected chi connectivity index (χ2v) is 5.67. The van der Waals surface area contributed by atoms with Crippen LogP contribution < -0.4 is 10.6 Å². The van der Waals surface area contributed by atoms with Crippen molar-refractivity contribution < 1.29 is 9.66 Å². The van der Waals surface area contributed by atoms with Crippen LogP contribution in [0.25, 0.3) is 0 Å². The highest BCUT2D eigenvalue weighted by Gasteiger charge is 2.41. The number of guanidine groups is 1. The van der Waals surface area contributed by atoms with Crippen molar-refractivity contribution in [3.8, 4) is 0 Å². The van der Waals surface area contributed by atoms with Crippen LogP contribution >= 0.6 is 24.0 Å². The molecule has 2 heterocycles. The Labute approximate surface area is 152 Å². The summed E-state index contributed by atoms with van der Waals surface area (Å²) >= 11 is 0. The maximum absolute atomic E-state index is 11.0. The van der Waals surface area contributed by atoms with E-state index < -0.39 is 0 Å². The largest absolute Gasteiger partial charge is 0.373 e. The van der Waals surface area contributed by atoms with E-state index in [1.807, 2.05) is 0 Å². The molecule has 3 unspecified atom stereocenters. The van der Waals surface area contributed by atoms with Crippen molar-refractivity contribution in [2.45, 2.75) is 44.1 Å². The zero-order valence-electron chi connectivity index (χ0n) is 12.9. The third kappa shape index (κ3) is 4.11. The first-order valence-corrected chi connectivity index (χ1v) is 7.52. The predicted octanol–water partition coefficient (Wildman–Crippen LogP) is 2.20. The summed E-state index contributed by atoms with van der Waals surface area (Å²) < 4.78 is 5.81. The van der Waals surface area contributed by atoms with E-state index in [9.17, 15) is 10.1 Å². The predicted molar refractivity (Wildman–Crippen MR) is 98.1 cm³/mol. The van der Waals surface area contributed by atoms with Crippen molar-refractivity contribution >= 4 is 35.6 Å². The Kier molecular flexibility index (Phi) is 6.17. The average molecular weight is 432 g/mol. The third-order valence-corrected chi connectivity index (χ3v) is 4.29. The Hall–Kier alpha value is -1.42. The summed E-state index contributed by atoms with van der Waals surface area (Å²) in [6.07, 6.45) is 3.86. The van der Waals surface area contributed by atoms with Crippen LogP contribution in [0.1, 0.15) is 24.8 Å². The summed E-state index contributed by atoms with van der Waals surface area (Å²) in [5, 5.41) is 17.5. The van der Waals surface area contributed by atoms with Crippen molar-refractivity contribution in [1.29, 1.82) is 0 Å². The smallest absolute Gasteiger partial charge is 0.274 e. The number of para-hydroxylation sites is 1. The molecule has 2 bridgehead atoms. The molecule has 2 fully saturated rings. The number of aliphatic imine (C=N–C) groups is 1. The lowest BCUT2D eigenvalue weighted by molar-refractivity contribution is -0.385. The van der Waals surface area contributed by atoms with Crippen molar-refractivity contribution in [2.75, 3.05) is 7.05 Å². The van der Waals surface area contributed by atoms with Gasteiger partial charge in [-0.2, -0.15) is 0 Å². The number of nitro groups is 1. The second kappa shape index (κ2) is 7.91. The molecule has 0 amide bonds. The van der Waals surface area contributed by atoms with E-state index in [2.05, 4.69) is 15.6 Å². The fourth-order valence-electron chi connectivity index (χ4n) is 3.18. The number of halogens is 1. The van der Waals surface area contributed by atoms with Gasteiger partial charge in [-0.05, 0) is 19.3 Å². The molecule has 3 atom stereocenters. The summed E-state index contributed by atoms with van der Waals surface area (Å²) in [6.45, 7) is 0.360. The van der Waals surface area contributed by atoms with E-state index in [0.29, 0.717) is 24.2 Å². The molecule has 126 valence electrons. The van der Waals surface area contributed by atoms with Gasteiger partial charge in [0.15, 0.2) is 5.96 Å². The fourth-order valence-corrected chi connectivity index (χ4v) is 3.18. The van der Waals surface area contributed by atoms with E-state index in [1.54, 1.807) is 25.2 Å². The maximum Gasteiger partial charge on any atom is 0.274 e. The number of hydrogen-bond donors (Lipinski definition) is 2. The van der Waals surface area contributed by atoms with Crippen LogP contribution in [0.3, 0.4) is 0 Å². The van der Waals surface area contributed by atoms with Gasteiger partial charge >= 0.3 is 0 Å². The summed E-state index contributed by atoms with van der Waals surface area (Å²) in [5.41, 5.74) is 0.758.